The quantitative estimate of drug-likeness (QED) is 0.292. The zero-order valence-corrected chi connectivity index (χ0v) is 17.5. The Bertz CT molecular complexity index is 507. The van der Waals surface area contributed by atoms with Gasteiger partial charge in [0.2, 0.25) is 0 Å². The fourth-order valence-corrected chi connectivity index (χ4v) is 3.18. The average molecular weight is 467 g/mol. The zero-order valence-electron chi connectivity index (χ0n) is 14.3. The van der Waals surface area contributed by atoms with Gasteiger partial charge in [0.25, 0.3) is 0 Å². The smallest absolute Gasteiger partial charge is 0.191 e. The number of rotatable bonds is 6. The van der Waals surface area contributed by atoms with E-state index in [1.807, 2.05) is 12.1 Å². The number of nitrogens with one attached hydrogen (secondary N) is 2. The Morgan fingerprint density at radius 2 is 1.92 bits per heavy atom. The van der Waals surface area contributed by atoms with E-state index < -0.39 is 0 Å². The predicted molar refractivity (Wildman–Crippen MR) is 111 cm³/mol. The summed E-state index contributed by atoms with van der Waals surface area (Å²) >= 11 is 1.80. The Morgan fingerprint density at radius 1 is 1.25 bits per heavy atom. The number of thioether (sulfide) groups is 1. The monoisotopic (exact) mass is 467 g/mol. The lowest BCUT2D eigenvalue weighted by Crippen LogP contribution is -2.48. The highest BCUT2D eigenvalue weighted by Gasteiger charge is 2.34. The third kappa shape index (κ3) is 6.07. The van der Waals surface area contributed by atoms with E-state index in [2.05, 4.69) is 21.9 Å². The van der Waals surface area contributed by atoms with Crippen LogP contribution in [0.2, 0.25) is 0 Å². The summed E-state index contributed by atoms with van der Waals surface area (Å²) in [6.07, 6.45) is 3.93. The van der Waals surface area contributed by atoms with Crippen molar-refractivity contribution in [1.29, 1.82) is 0 Å². The number of guanidine groups is 1. The maximum atomic E-state index is 13.2. The van der Waals surface area contributed by atoms with Crippen molar-refractivity contribution < 1.29 is 9.13 Å². The van der Waals surface area contributed by atoms with E-state index in [0.29, 0.717) is 0 Å². The number of ether oxygens (including phenoxy) is 1. The molecular formula is C17H27FIN3OS. The molecule has 0 radical (unpaired) electrons. The molecule has 1 saturated heterocycles. The lowest BCUT2D eigenvalue weighted by molar-refractivity contribution is 0.0513. The van der Waals surface area contributed by atoms with E-state index in [1.165, 1.54) is 12.1 Å². The van der Waals surface area contributed by atoms with Crippen molar-refractivity contribution in [3.63, 3.8) is 0 Å². The van der Waals surface area contributed by atoms with Gasteiger partial charge in [-0.25, -0.2) is 4.39 Å². The average Bonchev–Trinajstić information content (AvgIpc) is 2.59. The summed E-state index contributed by atoms with van der Waals surface area (Å²) in [5, 5.41) is 6.75. The predicted octanol–water partition coefficient (Wildman–Crippen LogP) is 3.02. The third-order valence-electron chi connectivity index (χ3n) is 4.32. The van der Waals surface area contributed by atoms with Crippen LogP contribution in [0.3, 0.4) is 0 Å². The normalized spacial score (nSPS) is 17.0. The molecule has 0 unspecified atom stereocenters. The molecule has 7 heteroatoms. The van der Waals surface area contributed by atoms with Gasteiger partial charge in [-0.3, -0.25) is 4.99 Å². The number of hydrogen-bond acceptors (Lipinski definition) is 3. The molecule has 0 aromatic heterocycles. The van der Waals surface area contributed by atoms with Crippen LogP contribution in [-0.4, -0.2) is 51.3 Å². The second kappa shape index (κ2) is 11.1. The molecule has 4 nitrogen and oxygen atoms in total. The molecular weight excluding hydrogens is 440 g/mol. The second-order valence-electron chi connectivity index (χ2n) is 5.74. The molecule has 2 N–H and O–H groups in total. The maximum Gasteiger partial charge on any atom is 0.191 e. The zero-order chi connectivity index (χ0) is 16.5. The largest absolute Gasteiger partial charge is 0.381 e. The molecule has 0 aliphatic carbocycles. The van der Waals surface area contributed by atoms with Gasteiger partial charge in [0.05, 0.1) is 0 Å². The SMILES string of the molecule is CN=C(NCCSC)NCC1(c2ccc(F)cc2)CCOCC1.I. The van der Waals surface area contributed by atoms with Crippen LogP contribution >= 0.6 is 35.7 Å². The Hall–Kier alpha value is -0.540. The number of hydrogen-bond donors (Lipinski definition) is 2. The van der Waals surface area contributed by atoms with E-state index in [9.17, 15) is 4.39 Å². The molecule has 1 aromatic carbocycles. The van der Waals surface area contributed by atoms with Gasteiger partial charge in [-0.15, -0.1) is 24.0 Å². The number of halogens is 2. The molecule has 0 saturated carbocycles. The lowest BCUT2D eigenvalue weighted by atomic mass is 9.74. The molecule has 1 fully saturated rings. The van der Waals surface area contributed by atoms with E-state index in [4.69, 9.17) is 4.74 Å². The Balaban J connectivity index is 0.00000288. The van der Waals surface area contributed by atoms with Crippen LogP contribution in [-0.2, 0) is 10.2 Å². The minimum atomic E-state index is -0.196. The molecule has 1 heterocycles. The molecule has 24 heavy (non-hydrogen) atoms. The van der Waals surface area contributed by atoms with Gasteiger partial charge in [0.15, 0.2) is 5.96 Å². The number of nitrogens with zero attached hydrogens (tertiary/aromatic N) is 1. The van der Waals surface area contributed by atoms with E-state index in [-0.39, 0.29) is 35.2 Å². The van der Waals surface area contributed by atoms with Crippen molar-refractivity contribution in [2.45, 2.75) is 18.3 Å². The first kappa shape index (κ1) is 21.5. The molecule has 0 bridgehead atoms. The van der Waals surface area contributed by atoms with E-state index in [1.54, 1.807) is 18.8 Å². The minimum Gasteiger partial charge on any atom is -0.381 e. The van der Waals surface area contributed by atoms with Crippen LogP contribution in [0.1, 0.15) is 18.4 Å². The van der Waals surface area contributed by atoms with Crippen LogP contribution in [0.15, 0.2) is 29.3 Å². The highest BCUT2D eigenvalue weighted by Crippen LogP contribution is 2.34. The van der Waals surface area contributed by atoms with Crippen LogP contribution in [0.4, 0.5) is 4.39 Å². The summed E-state index contributed by atoms with van der Waals surface area (Å²) in [5.41, 5.74) is 1.12. The minimum absolute atomic E-state index is 0. The lowest BCUT2D eigenvalue weighted by Gasteiger charge is -2.38. The van der Waals surface area contributed by atoms with Gasteiger partial charge in [-0.1, -0.05) is 12.1 Å². The van der Waals surface area contributed by atoms with Gasteiger partial charge < -0.3 is 15.4 Å². The van der Waals surface area contributed by atoms with Gasteiger partial charge in [-0.05, 0) is 36.8 Å². The maximum absolute atomic E-state index is 13.2. The van der Waals surface area contributed by atoms with Crippen LogP contribution in [0, 0.1) is 5.82 Å². The van der Waals surface area contributed by atoms with Gasteiger partial charge in [-0.2, -0.15) is 11.8 Å². The molecule has 0 spiro atoms. The fraction of sp³-hybridized carbons (Fsp3) is 0.588. The molecule has 1 aliphatic rings. The first-order valence-corrected chi connectivity index (χ1v) is 9.37. The highest BCUT2D eigenvalue weighted by molar-refractivity contribution is 14.0. The molecule has 0 amide bonds. The molecule has 0 atom stereocenters. The van der Waals surface area contributed by atoms with Gasteiger partial charge in [0.1, 0.15) is 5.82 Å². The van der Waals surface area contributed by atoms with Gasteiger partial charge >= 0.3 is 0 Å². The van der Waals surface area contributed by atoms with Crippen LogP contribution < -0.4 is 10.6 Å². The molecule has 1 aromatic rings. The third-order valence-corrected chi connectivity index (χ3v) is 4.94. The molecule has 2 rings (SSSR count). The Morgan fingerprint density at radius 3 is 2.50 bits per heavy atom. The van der Waals surface area contributed by atoms with Crippen molar-refractivity contribution >= 4 is 41.7 Å². The standard InChI is InChI=1S/C17H26FN3OS.HI/c1-19-16(20-9-12-23-2)21-13-17(7-10-22-11-8-17)14-3-5-15(18)6-4-14;/h3-6H,7-13H2,1-2H3,(H2,19,20,21);1H. The van der Waals surface area contributed by atoms with Crippen LogP contribution in [0.5, 0.6) is 0 Å². The van der Waals surface area contributed by atoms with E-state index >= 15 is 0 Å². The summed E-state index contributed by atoms with van der Waals surface area (Å²) in [7, 11) is 1.78. The van der Waals surface area contributed by atoms with Crippen molar-refractivity contribution in [1.82, 2.24) is 10.6 Å². The summed E-state index contributed by atoms with van der Waals surface area (Å²) in [5.74, 6) is 1.66. The summed E-state index contributed by atoms with van der Waals surface area (Å²) in [6.45, 7) is 3.11. The topological polar surface area (TPSA) is 45.7 Å². The summed E-state index contributed by atoms with van der Waals surface area (Å²) in [4.78, 5) is 4.28. The fourth-order valence-electron chi connectivity index (χ4n) is 2.88. The molecule has 136 valence electrons. The molecule has 1 aliphatic heterocycles. The van der Waals surface area contributed by atoms with Gasteiger partial charge in [0, 0.05) is 44.5 Å². The van der Waals surface area contributed by atoms with Crippen LogP contribution in [0.25, 0.3) is 0 Å². The van der Waals surface area contributed by atoms with Crippen molar-refractivity contribution in [3.05, 3.63) is 35.6 Å². The van der Waals surface area contributed by atoms with Crippen molar-refractivity contribution in [2.24, 2.45) is 4.99 Å². The summed E-state index contributed by atoms with van der Waals surface area (Å²) in [6, 6.07) is 6.87. The first-order chi connectivity index (χ1) is 11.2. The Labute approximate surface area is 165 Å². The van der Waals surface area contributed by atoms with E-state index in [0.717, 1.165) is 56.4 Å². The number of benzene rings is 1. The highest BCUT2D eigenvalue weighted by atomic mass is 127. The summed E-state index contributed by atoms with van der Waals surface area (Å²) < 4.78 is 18.8. The first-order valence-electron chi connectivity index (χ1n) is 7.97. The Kier molecular flexibility index (Phi) is 9.99. The van der Waals surface area contributed by atoms with Crippen molar-refractivity contribution in [2.75, 3.05) is 45.4 Å². The van der Waals surface area contributed by atoms with Crippen molar-refractivity contribution in [3.8, 4) is 0 Å². The second-order valence-corrected chi connectivity index (χ2v) is 6.73. The number of aliphatic imine (C=N–C) groups is 1.